The number of anilines is 1. The molecule has 2 heterocycles. The summed E-state index contributed by atoms with van der Waals surface area (Å²) in [6.45, 7) is 9.65. The number of hydrogen-bond acceptors (Lipinski definition) is 5. The molecule has 1 saturated heterocycles. The molecular weight excluding hydrogens is 318 g/mol. The van der Waals surface area contributed by atoms with E-state index in [1.165, 1.54) is 5.56 Å². The number of nitro benzene ring substituents is 1. The van der Waals surface area contributed by atoms with Crippen LogP contribution in [0.3, 0.4) is 0 Å². The van der Waals surface area contributed by atoms with Crippen molar-refractivity contribution in [3.8, 4) is 0 Å². The van der Waals surface area contributed by atoms with E-state index in [0.29, 0.717) is 0 Å². The summed E-state index contributed by atoms with van der Waals surface area (Å²) in [6, 6.07) is 5.41. The Morgan fingerprint density at radius 3 is 2.76 bits per heavy atom. The maximum atomic E-state index is 11.0. The summed E-state index contributed by atoms with van der Waals surface area (Å²) in [6.07, 6.45) is 5.14. The lowest BCUT2D eigenvalue weighted by Crippen LogP contribution is -2.30. The highest BCUT2D eigenvalue weighted by Crippen LogP contribution is 2.25. The van der Waals surface area contributed by atoms with Gasteiger partial charge in [0.15, 0.2) is 0 Å². The van der Waals surface area contributed by atoms with Gasteiger partial charge in [-0.25, -0.2) is 0 Å². The Labute approximate surface area is 148 Å². The summed E-state index contributed by atoms with van der Waals surface area (Å²) >= 11 is 0. The van der Waals surface area contributed by atoms with Crippen LogP contribution in [0.5, 0.6) is 0 Å². The van der Waals surface area contributed by atoms with Gasteiger partial charge in [-0.3, -0.25) is 19.7 Å². The quantitative estimate of drug-likeness (QED) is 0.617. The highest BCUT2D eigenvalue weighted by atomic mass is 16.6. The van der Waals surface area contributed by atoms with Crippen LogP contribution in [0, 0.1) is 17.0 Å². The summed E-state index contributed by atoms with van der Waals surface area (Å²) in [5.41, 5.74) is 3.23. The van der Waals surface area contributed by atoms with Crippen molar-refractivity contribution in [3.05, 3.63) is 51.8 Å². The normalized spacial score (nSPS) is 16.0. The Bertz CT molecular complexity index is 743. The lowest BCUT2D eigenvalue weighted by atomic mass is 10.1. The summed E-state index contributed by atoms with van der Waals surface area (Å²) in [4.78, 5) is 15.4. The fourth-order valence-electron chi connectivity index (χ4n) is 3.35. The van der Waals surface area contributed by atoms with Crippen LogP contribution in [0.25, 0.3) is 0 Å². The van der Waals surface area contributed by atoms with E-state index >= 15 is 0 Å². The van der Waals surface area contributed by atoms with Crippen molar-refractivity contribution in [3.63, 3.8) is 0 Å². The van der Waals surface area contributed by atoms with Gasteiger partial charge in [0.05, 0.1) is 11.1 Å². The molecule has 1 aromatic carbocycles. The van der Waals surface area contributed by atoms with Gasteiger partial charge in [0.2, 0.25) is 0 Å². The Balaban J connectivity index is 1.63. The molecule has 7 heteroatoms. The van der Waals surface area contributed by atoms with Crippen molar-refractivity contribution in [2.75, 3.05) is 31.1 Å². The number of benzene rings is 1. The van der Waals surface area contributed by atoms with E-state index in [0.717, 1.165) is 56.9 Å². The van der Waals surface area contributed by atoms with Crippen LogP contribution in [0.4, 0.5) is 11.4 Å². The van der Waals surface area contributed by atoms with Crippen molar-refractivity contribution >= 4 is 11.4 Å². The molecule has 7 nitrogen and oxygen atoms in total. The highest BCUT2D eigenvalue weighted by Gasteiger charge is 2.18. The van der Waals surface area contributed by atoms with Crippen LogP contribution in [-0.2, 0) is 13.1 Å². The Kier molecular flexibility index (Phi) is 5.33. The summed E-state index contributed by atoms with van der Waals surface area (Å²) in [5, 5.41) is 15.3. The van der Waals surface area contributed by atoms with E-state index in [-0.39, 0.29) is 10.6 Å². The van der Waals surface area contributed by atoms with Crippen LogP contribution < -0.4 is 4.90 Å². The fourth-order valence-corrected chi connectivity index (χ4v) is 3.35. The molecule has 0 amide bonds. The Morgan fingerprint density at radius 1 is 1.24 bits per heavy atom. The Hall–Kier alpha value is -2.41. The minimum absolute atomic E-state index is 0.188. The van der Waals surface area contributed by atoms with E-state index in [4.69, 9.17) is 0 Å². The summed E-state index contributed by atoms with van der Waals surface area (Å²) in [5.74, 6) is 0. The van der Waals surface area contributed by atoms with Crippen LogP contribution >= 0.6 is 0 Å². The van der Waals surface area contributed by atoms with Gasteiger partial charge in [0.25, 0.3) is 5.69 Å². The molecular formula is C18H25N5O2. The molecule has 3 rings (SSSR count). The highest BCUT2D eigenvalue weighted by molar-refractivity contribution is 5.55. The molecule has 1 aliphatic heterocycles. The maximum Gasteiger partial charge on any atom is 0.272 e. The van der Waals surface area contributed by atoms with Crippen LogP contribution in [0.1, 0.15) is 24.5 Å². The minimum Gasteiger partial charge on any atom is -0.370 e. The predicted molar refractivity (Wildman–Crippen MR) is 97.8 cm³/mol. The smallest absolute Gasteiger partial charge is 0.272 e. The van der Waals surface area contributed by atoms with Gasteiger partial charge in [0, 0.05) is 68.3 Å². The second-order valence-corrected chi connectivity index (χ2v) is 6.55. The number of aryl methyl sites for hydroxylation is 2. The number of rotatable bonds is 5. The van der Waals surface area contributed by atoms with Crippen molar-refractivity contribution in [2.45, 2.75) is 33.4 Å². The van der Waals surface area contributed by atoms with Crippen molar-refractivity contribution in [1.29, 1.82) is 0 Å². The Morgan fingerprint density at radius 2 is 2.08 bits per heavy atom. The predicted octanol–water partition coefficient (Wildman–Crippen LogP) is 2.83. The van der Waals surface area contributed by atoms with Crippen LogP contribution in [0.2, 0.25) is 0 Å². The monoisotopic (exact) mass is 343 g/mol. The molecule has 0 unspecified atom stereocenters. The average molecular weight is 343 g/mol. The molecule has 1 aliphatic rings. The topological polar surface area (TPSA) is 67.4 Å². The number of hydrogen-bond donors (Lipinski definition) is 0. The summed E-state index contributed by atoms with van der Waals surface area (Å²) in [7, 11) is 0. The minimum atomic E-state index is -0.320. The molecule has 25 heavy (non-hydrogen) atoms. The first-order valence-electron chi connectivity index (χ1n) is 8.80. The van der Waals surface area contributed by atoms with Crippen molar-refractivity contribution in [1.82, 2.24) is 14.7 Å². The van der Waals surface area contributed by atoms with Gasteiger partial charge in [-0.2, -0.15) is 5.10 Å². The van der Waals surface area contributed by atoms with E-state index in [1.54, 1.807) is 13.0 Å². The zero-order valence-corrected chi connectivity index (χ0v) is 14.9. The first-order valence-corrected chi connectivity index (χ1v) is 8.80. The standard InChI is InChI=1S/C18H25N5O2/c1-3-22-14-16(12-19-22)13-20-7-4-8-21(10-9-20)17-5-6-18(23(24)25)15(2)11-17/h5-6,11-12,14H,3-4,7-10,13H2,1-2H3. The molecule has 134 valence electrons. The molecule has 0 atom stereocenters. The third-order valence-electron chi connectivity index (χ3n) is 4.75. The van der Waals surface area contributed by atoms with Gasteiger partial charge in [0.1, 0.15) is 0 Å². The zero-order chi connectivity index (χ0) is 17.8. The SMILES string of the molecule is CCn1cc(CN2CCCN(c3ccc([N+](=O)[O-])c(C)c3)CC2)cn1. The second kappa shape index (κ2) is 7.65. The molecule has 0 radical (unpaired) electrons. The van der Waals surface area contributed by atoms with E-state index in [1.807, 2.05) is 23.0 Å². The second-order valence-electron chi connectivity index (χ2n) is 6.55. The zero-order valence-electron chi connectivity index (χ0n) is 14.9. The van der Waals surface area contributed by atoms with Crippen molar-refractivity contribution < 1.29 is 4.92 Å². The van der Waals surface area contributed by atoms with Gasteiger partial charge < -0.3 is 4.90 Å². The molecule has 1 fully saturated rings. The van der Waals surface area contributed by atoms with Gasteiger partial charge in [-0.05, 0) is 32.4 Å². The third-order valence-corrected chi connectivity index (χ3v) is 4.75. The van der Waals surface area contributed by atoms with E-state index < -0.39 is 0 Å². The van der Waals surface area contributed by atoms with Gasteiger partial charge >= 0.3 is 0 Å². The summed E-state index contributed by atoms with van der Waals surface area (Å²) < 4.78 is 1.96. The van der Waals surface area contributed by atoms with Crippen molar-refractivity contribution in [2.24, 2.45) is 0 Å². The van der Waals surface area contributed by atoms with E-state index in [2.05, 4.69) is 28.0 Å². The number of nitro groups is 1. The number of nitrogens with zero attached hydrogens (tertiary/aromatic N) is 5. The maximum absolute atomic E-state index is 11.0. The molecule has 0 saturated carbocycles. The molecule has 0 N–H and O–H groups in total. The van der Waals surface area contributed by atoms with E-state index in [9.17, 15) is 10.1 Å². The molecule has 1 aromatic heterocycles. The molecule has 0 spiro atoms. The molecule has 2 aromatic rings. The first-order chi connectivity index (χ1) is 12.1. The fraction of sp³-hybridized carbons (Fsp3) is 0.500. The lowest BCUT2D eigenvalue weighted by molar-refractivity contribution is -0.385. The molecule has 0 bridgehead atoms. The average Bonchev–Trinajstić information content (AvgIpc) is 2.91. The van der Waals surface area contributed by atoms with Crippen LogP contribution in [-0.4, -0.2) is 45.8 Å². The van der Waals surface area contributed by atoms with Gasteiger partial charge in [-0.15, -0.1) is 0 Å². The lowest BCUT2D eigenvalue weighted by Gasteiger charge is -2.23. The first kappa shape index (κ1) is 17.4. The third kappa shape index (κ3) is 4.17. The van der Waals surface area contributed by atoms with Crippen LogP contribution in [0.15, 0.2) is 30.6 Å². The van der Waals surface area contributed by atoms with Gasteiger partial charge in [-0.1, -0.05) is 0 Å². The largest absolute Gasteiger partial charge is 0.370 e. The number of aromatic nitrogens is 2. The molecule has 0 aliphatic carbocycles.